The summed E-state index contributed by atoms with van der Waals surface area (Å²) < 4.78 is 18.6. The van der Waals surface area contributed by atoms with Crippen LogP contribution in [0.2, 0.25) is 0 Å². The topological polar surface area (TPSA) is 29.5 Å². The molecule has 0 radical (unpaired) electrons. The van der Waals surface area contributed by atoms with E-state index in [1.165, 1.54) is 24.1 Å². The fourth-order valence-corrected chi connectivity index (χ4v) is 1.57. The molecule has 0 heterocycles. The first-order chi connectivity index (χ1) is 6.99. The maximum Gasteiger partial charge on any atom is 0.340 e. The molecule has 5 heteroatoms. The first-order valence-corrected chi connectivity index (χ1v) is 5.02. The van der Waals surface area contributed by atoms with Gasteiger partial charge in [0.1, 0.15) is 0 Å². The van der Waals surface area contributed by atoms with E-state index in [9.17, 15) is 9.18 Å². The minimum Gasteiger partial charge on any atom is -0.465 e. The fraction of sp³-hybridized carbons (Fsp3) is 0.300. The van der Waals surface area contributed by atoms with Crippen LogP contribution in [-0.4, -0.2) is 27.2 Å². The van der Waals surface area contributed by atoms with Gasteiger partial charge in [-0.3, -0.25) is 0 Å². The maximum absolute atomic E-state index is 13.7. The van der Waals surface area contributed by atoms with Gasteiger partial charge in [0, 0.05) is 14.1 Å². The number of anilines is 1. The number of hydrogen-bond donors (Lipinski definition) is 0. The molecule has 0 atom stereocenters. The van der Waals surface area contributed by atoms with Crippen LogP contribution in [0.3, 0.4) is 0 Å². The van der Waals surface area contributed by atoms with Gasteiger partial charge in [-0.25, -0.2) is 9.18 Å². The maximum atomic E-state index is 13.7. The van der Waals surface area contributed by atoms with Gasteiger partial charge < -0.3 is 9.64 Å². The third-order valence-corrected chi connectivity index (χ3v) is 2.53. The molecule has 0 aliphatic carbocycles. The minimum atomic E-state index is -0.551. The third-order valence-electron chi connectivity index (χ3n) is 1.92. The number of benzene rings is 1. The standard InChI is InChI=1S/C10H11BrFNO2/c1-13(2)9-6(10(14)15-3)4-5-7(11)8(9)12/h4-5H,1-3H3. The van der Waals surface area contributed by atoms with E-state index in [4.69, 9.17) is 0 Å². The molecule has 0 saturated carbocycles. The smallest absolute Gasteiger partial charge is 0.340 e. The molecule has 0 N–H and O–H groups in total. The number of hydrogen-bond acceptors (Lipinski definition) is 3. The Balaban J connectivity index is 3.40. The van der Waals surface area contributed by atoms with Gasteiger partial charge in [-0.05, 0) is 28.1 Å². The highest BCUT2D eigenvalue weighted by atomic mass is 79.9. The molecule has 0 unspecified atom stereocenters. The van der Waals surface area contributed by atoms with E-state index in [0.717, 1.165) is 0 Å². The van der Waals surface area contributed by atoms with Crippen LogP contribution in [0.5, 0.6) is 0 Å². The average Bonchev–Trinajstić information content (AvgIpc) is 2.20. The molecule has 0 aliphatic heterocycles. The summed E-state index contributed by atoms with van der Waals surface area (Å²) in [7, 11) is 4.59. The van der Waals surface area contributed by atoms with Crippen molar-refractivity contribution in [3.05, 3.63) is 28.0 Å². The zero-order valence-corrected chi connectivity index (χ0v) is 10.3. The second-order valence-electron chi connectivity index (χ2n) is 3.14. The van der Waals surface area contributed by atoms with Gasteiger partial charge in [0.25, 0.3) is 0 Å². The molecule has 3 nitrogen and oxygen atoms in total. The number of methoxy groups -OCH3 is 1. The van der Waals surface area contributed by atoms with Crippen molar-refractivity contribution in [2.45, 2.75) is 0 Å². The van der Waals surface area contributed by atoms with Crippen molar-refractivity contribution in [1.29, 1.82) is 0 Å². The Morgan fingerprint density at radius 2 is 2.07 bits per heavy atom. The minimum absolute atomic E-state index is 0.211. The van der Waals surface area contributed by atoms with E-state index in [-0.39, 0.29) is 11.3 Å². The van der Waals surface area contributed by atoms with E-state index >= 15 is 0 Å². The average molecular weight is 276 g/mol. The summed E-state index contributed by atoms with van der Waals surface area (Å²) in [6.07, 6.45) is 0. The van der Waals surface area contributed by atoms with E-state index in [2.05, 4.69) is 20.7 Å². The zero-order chi connectivity index (χ0) is 11.6. The lowest BCUT2D eigenvalue weighted by Gasteiger charge is -2.17. The molecule has 1 rings (SSSR count). The van der Waals surface area contributed by atoms with Gasteiger partial charge in [0.05, 0.1) is 22.8 Å². The molecule has 1 aromatic carbocycles. The van der Waals surface area contributed by atoms with Gasteiger partial charge in [-0.2, -0.15) is 0 Å². The lowest BCUT2D eigenvalue weighted by Crippen LogP contribution is -2.16. The number of carbonyl (C=O) groups excluding carboxylic acids is 1. The molecule has 0 aromatic heterocycles. The molecule has 1 aromatic rings. The Labute approximate surface area is 96.0 Å². The highest BCUT2D eigenvalue weighted by Crippen LogP contribution is 2.29. The monoisotopic (exact) mass is 275 g/mol. The van der Waals surface area contributed by atoms with Gasteiger partial charge in [-0.15, -0.1) is 0 Å². The predicted molar refractivity (Wildman–Crippen MR) is 59.8 cm³/mol. The van der Waals surface area contributed by atoms with Crippen molar-refractivity contribution < 1.29 is 13.9 Å². The van der Waals surface area contributed by atoms with Crippen LogP contribution < -0.4 is 4.90 Å². The Morgan fingerprint density at radius 1 is 1.47 bits per heavy atom. The van der Waals surface area contributed by atoms with Crippen LogP contribution in [0.15, 0.2) is 16.6 Å². The number of esters is 1. The van der Waals surface area contributed by atoms with Crippen molar-refractivity contribution >= 4 is 27.6 Å². The number of ether oxygens (including phenoxy) is 1. The summed E-state index contributed by atoms with van der Waals surface area (Å²) in [5.74, 6) is -1.02. The first kappa shape index (κ1) is 12.0. The molecular weight excluding hydrogens is 265 g/mol. The van der Waals surface area contributed by atoms with Gasteiger partial charge >= 0.3 is 5.97 Å². The number of nitrogens with zero attached hydrogens (tertiary/aromatic N) is 1. The van der Waals surface area contributed by atoms with E-state index < -0.39 is 11.8 Å². The normalized spacial score (nSPS) is 9.93. The molecule has 0 spiro atoms. The van der Waals surface area contributed by atoms with Crippen molar-refractivity contribution in [3.8, 4) is 0 Å². The molecule has 0 amide bonds. The molecule has 0 bridgehead atoms. The summed E-state index contributed by atoms with van der Waals surface area (Å²) in [6, 6.07) is 3.00. The second-order valence-corrected chi connectivity index (χ2v) is 4.00. The number of halogens is 2. The van der Waals surface area contributed by atoms with Crippen LogP contribution in [0, 0.1) is 5.82 Å². The van der Waals surface area contributed by atoms with Crippen LogP contribution >= 0.6 is 15.9 Å². The van der Waals surface area contributed by atoms with Gasteiger partial charge in [-0.1, -0.05) is 0 Å². The number of rotatable bonds is 2. The highest BCUT2D eigenvalue weighted by molar-refractivity contribution is 9.10. The van der Waals surface area contributed by atoms with Crippen LogP contribution in [0.4, 0.5) is 10.1 Å². The lowest BCUT2D eigenvalue weighted by molar-refractivity contribution is 0.0601. The summed E-state index contributed by atoms with van der Waals surface area (Å²) in [4.78, 5) is 12.9. The molecule has 82 valence electrons. The molecular formula is C10H11BrFNO2. The Hall–Kier alpha value is -1.10. The van der Waals surface area contributed by atoms with Gasteiger partial charge in [0.2, 0.25) is 0 Å². The molecule has 0 aliphatic rings. The fourth-order valence-electron chi connectivity index (χ4n) is 1.25. The van der Waals surface area contributed by atoms with Crippen molar-refractivity contribution in [2.24, 2.45) is 0 Å². The summed E-state index contributed by atoms with van der Waals surface area (Å²) in [5.41, 5.74) is 0.430. The van der Waals surface area contributed by atoms with E-state index in [1.54, 1.807) is 14.1 Å². The van der Waals surface area contributed by atoms with Crippen LogP contribution in [0.25, 0.3) is 0 Å². The number of carbonyl (C=O) groups is 1. The Bertz CT molecular complexity index is 393. The first-order valence-electron chi connectivity index (χ1n) is 4.22. The Kier molecular flexibility index (Phi) is 3.68. The summed E-state index contributed by atoms with van der Waals surface area (Å²) >= 11 is 3.07. The zero-order valence-electron chi connectivity index (χ0n) is 8.67. The summed E-state index contributed by atoms with van der Waals surface area (Å²) in [5, 5.41) is 0. The van der Waals surface area contributed by atoms with Crippen molar-refractivity contribution in [2.75, 3.05) is 26.1 Å². The van der Waals surface area contributed by atoms with E-state index in [1.807, 2.05) is 0 Å². The Morgan fingerprint density at radius 3 is 2.53 bits per heavy atom. The SMILES string of the molecule is COC(=O)c1ccc(Br)c(F)c1N(C)C. The molecule has 15 heavy (non-hydrogen) atoms. The largest absolute Gasteiger partial charge is 0.465 e. The highest BCUT2D eigenvalue weighted by Gasteiger charge is 2.19. The third kappa shape index (κ3) is 2.28. The van der Waals surface area contributed by atoms with E-state index in [0.29, 0.717) is 4.47 Å². The van der Waals surface area contributed by atoms with Crippen molar-refractivity contribution in [1.82, 2.24) is 0 Å². The second kappa shape index (κ2) is 4.61. The van der Waals surface area contributed by atoms with Crippen molar-refractivity contribution in [3.63, 3.8) is 0 Å². The lowest BCUT2D eigenvalue weighted by atomic mass is 10.1. The predicted octanol–water partition coefficient (Wildman–Crippen LogP) is 2.44. The van der Waals surface area contributed by atoms with Crippen LogP contribution in [0.1, 0.15) is 10.4 Å². The quantitative estimate of drug-likeness (QED) is 0.777. The van der Waals surface area contributed by atoms with Crippen LogP contribution in [-0.2, 0) is 4.74 Å². The molecule has 0 saturated heterocycles. The summed E-state index contributed by atoms with van der Waals surface area (Å²) in [6.45, 7) is 0. The van der Waals surface area contributed by atoms with Gasteiger partial charge in [0.15, 0.2) is 5.82 Å². The molecule has 0 fully saturated rings.